The van der Waals surface area contributed by atoms with Crippen LogP contribution < -0.4 is 9.47 Å². The molecule has 0 atom stereocenters. The standard InChI is InChI=1S/C18H28O2.C17H26O2/c1-14(2)8-6-11-17(19)15-9-7-10-16(12-15)20-13-18(3,4)5;1-13(2)8-6-11-16(18)14-9-7-10-15(12-14)19-17(3,4)5/h7,9-10,12,14H,6,8,11,13H2,1-5H3;7,9-10,12-13H,6,8,11H2,1-5H3. The van der Waals surface area contributed by atoms with Crippen LogP contribution >= 0.6 is 0 Å². The Morgan fingerprint density at radius 3 is 1.54 bits per heavy atom. The first-order valence-corrected chi connectivity index (χ1v) is 14.6. The SMILES string of the molecule is CC(C)CCCC(=O)c1cccc(OC(C)(C)C)c1.CC(C)CCCC(=O)c1cccc(OCC(C)(C)C)c1. The van der Waals surface area contributed by atoms with E-state index in [0.717, 1.165) is 48.3 Å². The summed E-state index contributed by atoms with van der Waals surface area (Å²) in [7, 11) is 0. The topological polar surface area (TPSA) is 52.6 Å². The summed E-state index contributed by atoms with van der Waals surface area (Å²) in [6.45, 7) is 21.8. The molecule has 0 heterocycles. The van der Waals surface area contributed by atoms with Crippen LogP contribution in [0.25, 0.3) is 0 Å². The first-order chi connectivity index (χ1) is 18.1. The van der Waals surface area contributed by atoms with Crippen LogP contribution in [0.2, 0.25) is 0 Å². The third-order valence-electron chi connectivity index (χ3n) is 5.78. The normalized spacial score (nSPS) is 11.7. The fraction of sp³-hybridized carbons (Fsp3) is 0.600. The molecule has 2 aromatic rings. The third kappa shape index (κ3) is 16.8. The molecule has 0 saturated carbocycles. The molecule has 0 amide bonds. The van der Waals surface area contributed by atoms with Crippen molar-refractivity contribution in [3.63, 3.8) is 0 Å². The summed E-state index contributed by atoms with van der Waals surface area (Å²) in [5, 5.41) is 0. The second-order valence-corrected chi connectivity index (χ2v) is 13.5. The van der Waals surface area contributed by atoms with E-state index in [-0.39, 0.29) is 22.6 Å². The maximum atomic E-state index is 12.1. The van der Waals surface area contributed by atoms with Gasteiger partial charge in [-0.2, -0.15) is 0 Å². The average molecular weight is 539 g/mol. The smallest absolute Gasteiger partial charge is 0.163 e. The Morgan fingerprint density at radius 1 is 0.692 bits per heavy atom. The lowest BCUT2D eigenvalue weighted by Gasteiger charge is -2.21. The van der Waals surface area contributed by atoms with E-state index in [1.807, 2.05) is 69.3 Å². The van der Waals surface area contributed by atoms with Gasteiger partial charge in [0.15, 0.2) is 11.6 Å². The van der Waals surface area contributed by atoms with Gasteiger partial charge in [0, 0.05) is 24.0 Å². The fourth-order valence-corrected chi connectivity index (χ4v) is 3.78. The minimum Gasteiger partial charge on any atom is -0.493 e. The number of rotatable bonds is 13. The first-order valence-electron chi connectivity index (χ1n) is 14.6. The molecule has 0 saturated heterocycles. The van der Waals surface area contributed by atoms with Gasteiger partial charge in [0.1, 0.15) is 17.1 Å². The highest BCUT2D eigenvalue weighted by molar-refractivity contribution is 5.96. The van der Waals surface area contributed by atoms with Gasteiger partial charge in [0.2, 0.25) is 0 Å². The van der Waals surface area contributed by atoms with Crippen molar-refractivity contribution in [1.29, 1.82) is 0 Å². The van der Waals surface area contributed by atoms with Gasteiger partial charge in [-0.15, -0.1) is 0 Å². The van der Waals surface area contributed by atoms with Crippen LogP contribution in [0.3, 0.4) is 0 Å². The Kier molecular flexibility index (Phi) is 14.5. The minimum atomic E-state index is -0.237. The van der Waals surface area contributed by atoms with Crippen molar-refractivity contribution < 1.29 is 19.1 Å². The van der Waals surface area contributed by atoms with Crippen molar-refractivity contribution in [2.45, 2.75) is 113 Å². The lowest BCUT2D eigenvalue weighted by Crippen LogP contribution is -2.23. The second-order valence-electron chi connectivity index (χ2n) is 13.5. The highest BCUT2D eigenvalue weighted by atomic mass is 16.5. The van der Waals surface area contributed by atoms with Gasteiger partial charge in [-0.1, -0.05) is 85.6 Å². The molecule has 0 radical (unpaired) electrons. The van der Waals surface area contributed by atoms with E-state index >= 15 is 0 Å². The summed E-state index contributed by atoms with van der Waals surface area (Å²) < 4.78 is 11.5. The first kappa shape index (κ1) is 34.4. The van der Waals surface area contributed by atoms with Crippen molar-refractivity contribution in [1.82, 2.24) is 0 Å². The summed E-state index contributed by atoms with van der Waals surface area (Å²) in [6, 6.07) is 15.1. The molecule has 0 N–H and O–H groups in total. The van der Waals surface area contributed by atoms with Crippen LogP contribution in [0.1, 0.15) is 128 Å². The number of benzene rings is 2. The van der Waals surface area contributed by atoms with E-state index in [9.17, 15) is 9.59 Å². The van der Waals surface area contributed by atoms with E-state index < -0.39 is 0 Å². The summed E-state index contributed by atoms with van der Waals surface area (Å²) in [4.78, 5) is 24.2. The molecule has 2 aromatic carbocycles. The van der Waals surface area contributed by atoms with E-state index in [1.165, 1.54) is 0 Å². The molecule has 4 heteroatoms. The lowest BCUT2D eigenvalue weighted by atomic mass is 9.98. The van der Waals surface area contributed by atoms with Crippen LogP contribution in [-0.4, -0.2) is 23.8 Å². The number of ether oxygens (including phenoxy) is 2. The van der Waals surface area contributed by atoms with Crippen LogP contribution in [0, 0.1) is 17.3 Å². The van der Waals surface area contributed by atoms with E-state index in [1.54, 1.807) is 0 Å². The quantitative estimate of drug-likeness (QED) is 0.238. The van der Waals surface area contributed by atoms with Crippen molar-refractivity contribution >= 4 is 11.6 Å². The number of carbonyl (C=O) groups is 2. The zero-order valence-corrected chi connectivity index (χ0v) is 26.4. The molecule has 0 aliphatic rings. The molecule has 39 heavy (non-hydrogen) atoms. The lowest BCUT2D eigenvalue weighted by molar-refractivity contribution is 0.0968. The second kappa shape index (κ2) is 16.5. The maximum absolute atomic E-state index is 12.1. The fourth-order valence-electron chi connectivity index (χ4n) is 3.78. The minimum absolute atomic E-state index is 0.122. The van der Waals surface area contributed by atoms with E-state index in [0.29, 0.717) is 31.3 Å². The van der Waals surface area contributed by atoms with Crippen LogP contribution in [-0.2, 0) is 0 Å². The number of hydrogen-bond acceptors (Lipinski definition) is 4. The Labute approximate surface area is 238 Å². The Balaban J connectivity index is 0.000000391. The highest BCUT2D eigenvalue weighted by Crippen LogP contribution is 2.22. The van der Waals surface area contributed by atoms with Crippen LogP contribution in [0.15, 0.2) is 48.5 Å². The largest absolute Gasteiger partial charge is 0.493 e. The summed E-state index contributed by atoms with van der Waals surface area (Å²) in [6.07, 6.45) is 5.37. The molecule has 2 rings (SSSR count). The molecule has 0 aliphatic carbocycles. The molecule has 0 aliphatic heterocycles. The van der Waals surface area contributed by atoms with Crippen LogP contribution in [0.4, 0.5) is 0 Å². The highest BCUT2D eigenvalue weighted by Gasteiger charge is 2.14. The molecule has 0 fully saturated rings. The Bertz CT molecular complexity index is 1010. The van der Waals surface area contributed by atoms with Gasteiger partial charge in [0.05, 0.1) is 6.61 Å². The summed E-state index contributed by atoms with van der Waals surface area (Å²) in [5.41, 5.74) is 1.40. The molecule has 0 aromatic heterocycles. The average Bonchev–Trinajstić information content (AvgIpc) is 2.81. The summed E-state index contributed by atoms with van der Waals surface area (Å²) >= 11 is 0. The monoisotopic (exact) mass is 538 g/mol. The van der Waals surface area contributed by atoms with Crippen molar-refractivity contribution in [2.24, 2.45) is 17.3 Å². The van der Waals surface area contributed by atoms with Gasteiger partial charge in [-0.05, 0) is 75.1 Å². The Morgan fingerprint density at radius 2 is 1.13 bits per heavy atom. The van der Waals surface area contributed by atoms with Gasteiger partial charge < -0.3 is 9.47 Å². The zero-order valence-electron chi connectivity index (χ0n) is 26.4. The van der Waals surface area contributed by atoms with Crippen LogP contribution in [0.5, 0.6) is 11.5 Å². The molecule has 0 unspecified atom stereocenters. The maximum Gasteiger partial charge on any atom is 0.163 e. The van der Waals surface area contributed by atoms with Gasteiger partial charge in [0.25, 0.3) is 0 Å². The number of hydrogen-bond donors (Lipinski definition) is 0. The zero-order chi connectivity index (χ0) is 29.6. The van der Waals surface area contributed by atoms with Crippen molar-refractivity contribution in [3.8, 4) is 11.5 Å². The predicted octanol–water partition coefficient (Wildman–Crippen LogP) is 9.99. The third-order valence-corrected chi connectivity index (χ3v) is 5.78. The van der Waals surface area contributed by atoms with E-state index in [4.69, 9.17) is 9.47 Å². The van der Waals surface area contributed by atoms with Gasteiger partial charge in [-0.3, -0.25) is 9.59 Å². The number of ketones is 2. The van der Waals surface area contributed by atoms with E-state index in [2.05, 4.69) is 48.5 Å². The van der Waals surface area contributed by atoms with Crippen molar-refractivity contribution in [2.75, 3.05) is 6.61 Å². The predicted molar refractivity (Wildman–Crippen MR) is 164 cm³/mol. The van der Waals surface area contributed by atoms with Gasteiger partial charge in [-0.25, -0.2) is 0 Å². The molecule has 0 bridgehead atoms. The molecule has 0 spiro atoms. The van der Waals surface area contributed by atoms with Crippen molar-refractivity contribution in [3.05, 3.63) is 59.7 Å². The molecule has 218 valence electrons. The Hall–Kier alpha value is -2.62. The summed E-state index contributed by atoms with van der Waals surface area (Å²) in [5.74, 6) is 3.29. The number of Topliss-reactive ketones (excluding diaryl/α,β-unsaturated/α-hetero) is 2. The molecular formula is C35H54O4. The molecular weight excluding hydrogens is 484 g/mol. The number of carbonyl (C=O) groups excluding carboxylic acids is 2. The molecule has 4 nitrogen and oxygen atoms in total. The van der Waals surface area contributed by atoms with Gasteiger partial charge >= 0.3 is 0 Å².